The molecule has 0 saturated carbocycles. The summed E-state index contributed by atoms with van der Waals surface area (Å²) in [7, 11) is 0. The van der Waals surface area contributed by atoms with Crippen LogP contribution < -0.4 is 10.1 Å². The van der Waals surface area contributed by atoms with Gasteiger partial charge in [-0.3, -0.25) is 5.32 Å². The molecule has 0 aliphatic heterocycles. The Morgan fingerprint density at radius 1 is 1.09 bits per heavy atom. The average Bonchev–Trinajstić information content (AvgIpc) is 2.48. The number of anilines is 1. The van der Waals surface area contributed by atoms with Crippen LogP contribution >= 0.6 is 43.5 Å². The van der Waals surface area contributed by atoms with E-state index in [-0.39, 0.29) is 13.2 Å². The molecule has 2 rings (SSSR count). The summed E-state index contributed by atoms with van der Waals surface area (Å²) in [6.45, 7) is 0.399. The highest BCUT2D eigenvalue weighted by Gasteiger charge is 2.05. The minimum atomic E-state index is -0.541. The summed E-state index contributed by atoms with van der Waals surface area (Å²) in [4.78, 5) is 11.6. The predicted molar refractivity (Wildman–Crippen MR) is 93.8 cm³/mol. The third-order valence-electron chi connectivity index (χ3n) is 2.56. The maximum absolute atomic E-state index is 11.6. The fourth-order valence-corrected chi connectivity index (χ4v) is 2.85. The van der Waals surface area contributed by atoms with Gasteiger partial charge in [0.1, 0.15) is 19.0 Å². The highest BCUT2D eigenvalue weighted by molar-refractivity contribution is 9.11. The Morgan fingerprint density at radius 3 is 2.50 bits per heavy atom. The third kappa shape index (κ3) is 5.51. The molecule has 1 amide bonds. The van der Waals surface area contributed by atoms with E-state index < -0.39 is 6.09 Å². The molecule has 0 spiro atoms. The van der Waals surface area contributed by atoms with Gasteiger partial charge in [0.2, 0.25) is 0 Å². The summed E-state index contributed by atoms with van der Waals surface area (Å²) in [6.07, 6.45) is -0.541. The molecular formula is C15H12Br2ClNO3. The van der Waals surface area contributed by atoms with Gasteiger partial charge in [-0.1, -0.05) is 27.5 Å². The molecule has 0 bridgehead atoms. The molecular weight excluding hydrogens is 437 g/mol. The van der Waals surface area contributed by atoms with Gasteiger partial charge in [0.05, 0.1) is 4.47 Å². The van der Waals surface area contributed by atoms with Gasteiger partial charge in [-0.05, 0) is 58.4 Å². The molecule has 0 aliphatic carbocycles. The monoisotopic (exact) mass is 447 g/mol. The fraction of sp³-hybridized carbons (Fsp3) is 0.133. The maximum atomic E-state index is 11.6. The molecule has 2 aromatic carbocycles. The molecule has 0 unspecified atom stereocenters. The predicted octanol–water partition coefficient (Wildman–Crippen LogP) is 5.49. The Labute approximate surface area is 150 Å². The second-order valence-electron chi connectivity index (χ2n) is 4.19. The Kier molecular flexibility index (Phi) is 6.54. The molecule has 7 heteroatoms. The maximum Gasteiger partial charge on any atom is 0.411 e. The summed E-state index contributed by atoms with van der Waals surface area (Å²) in [5, 5.41) is 3.20. The lowest BCUT2D eigenvalue weighted by Gasteiger charge is -2.10. The Morgan fingerprint density at radius 2 is 1.82 bits per heavy atom. The van der Waals surface area contributed by atoms with Crippen molar-refractivity contribution in [2.24, 2.45) is 0 Å². The van der Waals surface area contributed by atoms with Crippen molar-refractivity contribution in [1.82, 2.24) is 0 Å². The number of rotatable bonds is 5. The van der Waals surface area contributed by atoms with E-state index in [1.165, 1.54) is 0 Å². The second-order valence-corrected chi connectivity index (χ2v) is 6.40. The van der Waals surface area contributed by atoms with Gasteiger partial charge in [0.25, 0.3) is 0 Å². The van der Waals surface area contributed by atoms with E-state index in [0.29, 0.717) is 16.5 Å². The van der Waals surface area contributed by atoms with Gasteiger partial charge in [0, 0.05) is 15.2 Å². The van der Waals surface area contributed by atoms with E-state index in [0.717, 1.165) is 8.95 Å². The van der Waals surface area contributed by atoms with Crippen LogP contribution in [0.25, 0.3) is 0 Å². The molecule has 0 heterocycles. The van der Waals surface area contributed by atoms with Crippen LogP contribution in [0.2, 0.25) is 5.02 Å². The molecule has 0 fully saturated rings. The molecule has 2 aromatic rings. The summed E-state index contributed by atoms with van der Waals surface area (Å²) >= 11 is 12.5. The van der Waals surface area contributed by atoms with Gasteiger partial charge >= 0.3 is 6.09 Å². The summed E-state index contributed by atoms with van der Waals surface area (Å²) < 4.78 is 12.3. The molecule has 0 aliphatic rings. The van der Waals surface area contributed by atoms with Crippen molar-refractivity contribution in [3.05, 3.63) is 56.4 Å². The van der Waals surface area contributed by atoms with Crippen molar-refractivity contribution in [2.45, 2.75) is 0 Å². The zero-order chi connectivity index (χ0) is 15.9. The van der Waals surface area contributed by atoms with Crippen molar-refractivity contribution in [1.29, 1.82) is 0 Å². The lowest BCUT2D eigenvalue weighted by molar-refractivity contribution is 0.137. The van der Waals surface area contributed by atoms with Crippen molar-refractivity contribution in [3.8, 4) is 5.75 Å². The van der Waals surface area contributed by atoms with Gasteiger partial charge in [-0.25, -0.2) is 4.79 Å². The molecule has 0 radical (unpaired) electrons. The molecule has 0 aromatic heterocycles. The quantitative estimate of drug-likeness (QED) is 0.614. The van der Waals surface area contributed by atoms with E-state index in [1.54, 1.807) is 24.3 Å². The summed E-state index contributed by atoms with van der Waals surface area (Å²) in [5.41, 5.74) is 0.617. The molecule has 4 nitrogen and oxygen atoms in total. The zero-order valence-corrected chi connectivity index (χ0v) is 15.2. The SMILES string of the molecule is O=C(Nc1ccc(Cl)cc1)OCCOc1ccc(Br)cc1Br. The van der Waals surface area contributed by atoms with Crippen LogP contribution in [0, 0.1) is 0 Å². The number of carbonyl (C=O) groups is 1. The first-order valence-corrected chi connectivity index (χ1v) is 8.28. The molecule has 116 valence electrons. The van der Waals surface area contributed by atoms with Crippen LogP contribution in [0.15, 0.2) is 51.4 Å². The van der Waals surface area contributed by atoms with Crippen LogP contribution in [0.5, 0.6) is 5.75 Å². The van der Waals surface area contributed by atoms with Gasteiger partial charge in [0.15, 0.2) is 0 Å². The van der Waals surface area contributed by atoms with Crippen LogP contribution in [0.1, 0.15) is 0 Å². The number of ether oxygens (including phenoxy) is 2. The van der Waals surface area contributed by atoms with Gasteiger partial charge in [-0.2, -0.15) is 0 Å². The minimum Gasteiger partial charge on any atom is -0.489 e. The number of hydrogen-bond acceptors (Lipinski definition) is 3. The van der Waals surface area contributed by atoms with Crippen LogP contribution in [-0.4, -0.2) is 19.3 Å². The Bertz CT molecular complexity index is 650. The minimum absolute atomic E-state index is 0.141. The molecule has 0 atom stereocenters. The molecule has 22 heavy (non-hydrogen) atoms. The largest absolute Gasteiger partial charge is 0.489 e. The van der Waals surface area contributed by atoms with Gasteiger partial charge in [-0.15, -0.1) is 0 Å². The molecule has 0 saturated heterocycles. The standard InChI is InChI=1S/C15H12Br2ClNO3/c16-10-1-6-14(13(17)9-10)21-7-8-22-15(20)19-12-4-2-11(18)3-5-12/h1-6,9H,7-8H2,(H,19,20). The smallest absolute Gasteiger partial charge is 0.411 e. The topological polar surface area (TPSA) is 47.6 Å². The Balaban J connectivity index is 1.72. The number of halogens is 3. The van der Waals surface area contributed by atoms with E-state index in [2.05, 4.69) is 37.2 Å². The Hall–Kier alpha value is -1.24. The van der Waals surface area contributed by atoms with Crippen molar-refractivity contribution in [3.63, 3.8) is 0 Å². The first-order valence-electron chi connectivity index (χ1n) is 6.32. The van der Waals surface area contributed by atoms with Crippen molar-refractivity contribution < 1.29 is 14.3 Å². The van der Waals surface area contributed by atoms with Crippen molar-refractivity contribution in [2.75, 3.05) is 18.5 Å². The number of benzene rings is 2. The van der Waals surface area contributed by atoms with E-state index in [1.807, 2.05) is 18.2 Å². The number of hydrogen-bond donors (Lipinski definition) is 1. The number of carbonyl (C=O) groups excluding carboxylic acids is 1. The van der Waals surface area contributed by atoms with E-state index in [9.17, 15) is 4.79 Å². The van der Waals surface area contributed by atoms with E-state index >= 15 is 0 Å². The van der Waals surface area contributed by atoms with E-state index in [4.69, 9.17) is 21.1 Å². The normalized spacial score (nSPS) is 10.1. The lowest BCUT2D eigenvalue weighted by Crippen LogP contribution is -2.17. The zero-order valence-electron chi connectivity index (χ0n) is 11.3. The average molecular weight is 450 g/mol. The molecule has 1 N–H and O–H groups in total. The second kappa shape index (κ2) is 8.41. The first kappa shape index (κ1) is 17.1. The van der Waals surface area contributed by atoms with Gasteiger partial charge < -0.3 is 9.47 Å². The lowest BCUT2D eigenvalue weighted by atomic mass is 10.3. The first-order chi connectivity index (χ1) is 10.5. The highest BCUT2D eigenvalue weighted by atomic mass is 79.9. The third-order valence-corrected chi connectivity index (χ3v) is 3.92. The van der Waals surface area contributed by atoms with Crippen LogP contribution in [0.3, 0.4) is 0 Å². The van der Waals surface area contributed by atoms with Crippen molar-refractivity contribution >= 4 is 55.2 Å². The summed E-state index contributed by atoms with van der Waals surface area (Å²) in [5.74, 6) is 0.685. The highest BCUT2D eigenvalue weighted by Crippen LogP contribution is 2.28. The fourth-order valence-electron chi connectivity index (χ4n) is 1.57. The van der Waals surface area contributed by atoms with Crippen LogP contribution in [-0.2, 0) is 4.74 Å². The number of nitrogens with one attached hydrogen (secondary N) is 1. The summed E-state index contributed by atoms with van der Waals surface area (Å²) in [6, 6.07) is 12.3. The van der Waals surface area contributed by atoms with Crippen LogP contribution in [0.4, 0.5) is 10.5 Å². The number of amides is 1.